The summed E-state index contributed by atoms with van der Waals surface area (Å²) in [5, 5.41) is 3.08. The summed E-state index contributed by atoms with van der Waals surface area (Å²) in [5.41, 5.74) is 1.14. The van der Waals surface area contributed by atoms with E-state index in [0.29, 0.717) is 18.9 Å². The molecule has 1 aliphatic heterocycles. The van der Waals surface area contributed by atoms with Crippen LogP contribution in [0.25, 0.3) is 0 Å². The normalized spacial score (nSPS) is 14.6. The molecule has 1 aliphatic rings. The first-order chi connectivity index (χ1) is 8.81. The maximum absolute atomic E-state index is 12.3. The zero-order valence-corrected chi connectivity index (χ0v) is 10.7. The Labute approximate surface area is 108 Å². The molecule has 4 nitrogen and oxygen atoms in total. The van der Waals surface area contributed by atoms with E-state index in [9.17, 15) is 4.79 Å². The SMILES string of the molecule is CCN(Cc1ccccc1)C(=O)C1=NCCCN1. The van der Waals surface area contributed by atoms with Crippen molar-refractivity contribution in [2.75, 3.05) is 19.6 Å². The molecule has 18 heavy (non-hydrogen) atoms. The van der Waals surface area contributed by atoms with Crippen LogP contribution in [0.1, 0.15) is 18.9 Å². The number of hydrogen-bond donors (Lipinski definition) is 1. The van der Waals surface area contributed by atoms with Gasteiger partial charge in [-0.2, -0.15) is 0 Å². The van der Waals surface area contributed by atoms with Gasteiger partial charge in [0, 0.05) is 26.2 Å². The lowest BCUT2D eigenvalue weighted by atomic mass is 10.2. The van der Waals surface area contributed by atoms with Crippen LogP contribution in [0.2, 0.25) is 0 Å². The van der Waals surface area contributed by atoms with Crippen molar-refractivity contribution in [1.29, 1.82) is 0 Å². The van der Waals surface area contributed by atoms with E-state index in [1.807, 2.05) is 42.2 Å². The first-order valence-corrected chi connectivity index (χ1v) is 6.42. The Balaban J connectivity index is 2.04. The highest BCUT2D eigenvalue weighted by molar-refractivity contribution is 6.37. The van der Waals surface area contributed by atoms with Crippen molar-refractivity contribution in [1.82, 2.24) is 10.2 Å². The molecule has 0 spiro atoms. The highest BCUT2D eigenvalue weighted by Gasteiger charge is 2.19. The van der Waals surface area contributed by atoms with Gasteiger partial charge in [0.2, 0.25) is 0 Å². The van der Waals surface area contributed by atoms with Crippen LogP contribution < -0.4 is 5.32 Å². The van der Waals surface area contributed by atoms with Crippen LogP contribution in [0.4, 0.5) is 0 Å². The Hall–Kier alpha value is -1.84. The quantitative estimate of drug-likeness (QED) is 0.872. The molecule has 4 heteroatoms. The van der Waals surface area contributed by atoms with Gasteiger partial charge < -0.3 is 10.2 Å². The standard InChI is InChI=1S/C14H19N3O/c1-2-17(11-12-7-4-3-5-8-12)14(18)13-15-9-6-10-16-13/h3-5,7-8H,2,6,9-11H2,1H3,(H,15,16). The van der Waals surface area contributed by atoms with Crippen LogP contribution in [0.3, 0.4) is 0 Å². The number of nitrogens with zero attached hydrogens (tertiary/aromatic N) is 2. The summed E-state index contributed by atoms with van der Waals surface area (Å²) in [6.07, 6.45) is 1.00. The van der Waals surface area contributed by atoms with Gasteiger partial charge in [0.15, 0.2) is 5.84 Å². The van der Waals surface area contributed by atoms with Gasteiger partial charge >= 0.3 is 0 Å². The molecule has 1 heterocycles. The summed E-state index contributed by atoms with van der Waals surface area (Å²) in [4.78, 5) is 18.3. The van der Waals surface area contributed by atoms with Gasteiger partial charge in [-0.25, -0.2) is 0 Å². The van der Waals surface area contributed by atoms with E-state index in [-0.39, 0.29) is 5.91 Å². The number of benzene rings is 1. The predicted molar refractivity (Wildman–Crippen MR) is 72.5 cm³/mol. The van der Waals surface area contributed by atoms with Gasteiger partial charge in [-0.15, -0.1) is 0 Å². The van der Waals surface area contributed by atoms with Crippen LogP contribution in [0.5, 0.6) is 0 Å². The molecule has 0 saturated carbocycles. The Bertz CT molecular complexity index is 428. The van der Waals surface area contributed by atoms with Crippen LogP contribution in [0.15, 0.2) is 35.3 Å². The summed E-state index contributed by atoms with van der Waals surface area (Å²) in [6.45, 7) is 4.90. The number of amidine groups is 1. The maximum Gasteiger partial charge on any atom is 0.289 e. The lowest BCUT2D eigenvalue weighted by Crippen LogP contribution is -2.44. The summed E-state index contributed by atoms with van der Waals surface area (Å²) in [7, 11) is 0. The Morgan fingerprint density at radius 1 is 1.39 bits per heavy atom. The summed E-state index contributed by atoms with van der Waals surface area (Å²) in [5.74, 6) is 0.514. The van der Waals surface area contributed by atoms with E-state index in [4.69, 9.17) is 0 Å². The van der Waals surface area contributed by atoms with Gasteiger partial charge in [-0.1, -0.05) is 30.3 Å². The van der Waals surface area contributed by atoms with Crippen LogP contribution in [-0.2, 0) is 11.3 Å². The fourth-order valence-electron chi connectivity index (χ4n) is 1.96. The summed E-state index contributed by atoms with van der Waals surface area (Å²) in [6, 6.07) is 10.0. The molecule has 1 N–H and O–H groups in total. The van der Waals surface area contributed by atoms with E-state index in [1.165, 1.54) is 0 Å². The smallest absolute Gasteiger partial charge is 0.289 e. The molecule has 1 aromatic rings. The Morgan fingerprint density at radius 2 is 2.17 bits per heavy atom. The van der Waals surface area contributed by atoms with Crippen molar-refractivity contribution in [3.63, 3.8) is 0 Å². The molecule has 2 rings (SSSR count). The molecule has 0 saturated heterocycles. The van der Waals surface area contributed by atoms with Crippen molar-refractivity contribution in [2.45, 2.75) is 19.9 Å². The first kappa shape index (κ1) is 12.6. The van der Waals surface area contributed by atoms with Crippen molar-refractivity contribution >= 4 is 11.7 Å². The van der Waals surface area contributed by atoms with Gasteiger partial charge in [-0.05, 0) is 18.9 Å². The molecule has 0 aliphatic carbocycles. The minimum Gasteiger partial charge on any atom is -0.366 e. The largest absolute Gasteiger partial charge is 0.366 e. The van der Waals surface area contributed by atoms with Gasteiger partial charge in [-0.3, -0.25) is 9.79 Å². The second kappa shape index (κ2) is 6.19. The van der Waals surface area contributed by atoms with Crippen molar-refractivity contribution < 1.29 is 4.79 Å². The van der Waals surface area contributed by atoms with E-state index in [1.54, 1.807) is 0 Å². The van der Waals surface area contributed by atoms with Gasteiger partial charge in [0.25, 0.3) is 5.91 Å². The average molecular weight is 245 g/mol. The van der Waals surface area contributed by atoms with E-state index < -0.39 is 0 Å². The molecule has 0 radical (unpaired) electrons. The number of aliphatic imine (C=N–C) groups is 1. The Morgan fingerprint density at radius 3 is 2.78 bits per heavy atom. The van der Waals surface area contributed by atoms with Crippen LogP contribution in [0, 0.1) is 0 Å². The maximum atomic E-state index is 12.3. The lowest BCUT2D eigenvalue weighted by Gasteiger charge is -2.23. The molecule has 0 atom stereocenters. The number of rotatable bonds is 4. The van der Waals surface area contributed by atoms with Crippen molar-refractivity contribution in [2.24, 2.45) is 4.99 Å². The fraction of sp³-hybridized carbons (Fsp3) is 0.429. The zero-order valence-electron chi connectivity index (χ0n) is 10.7. The number of hydrogen-bond acceptors (Lipinski definition) is 3. The number of amides is 1. The highest BCUT2D eigenvalue weighted by atomic mass is 16.2. The minimum absolute atomic E-state index is 0.000975. The third-order valence-electron chi connectivity index (χ3n) is 2.99. The van der Waals surface area contributed by atoms with Crippen LogP contribution >= 0.6 is 0 Å². The van der Waals surface area contributed by atoms with E-state index in [2.05, 4.69) is 10.3 Å². The lowest BCUT2D eigenvalue weighted by molar-refractivity contribution is -0.124. The minimum atomic E-state index is 0.000975. The number of likely N-dealkylation sites (N-methyl/N-ethyl adjacent to an activating group) is 1. The molecular formula is C14H19N3O. The fourth-order valence-corrected chi connectivity index (χ4v) is 1.96. The predicted octanol–water partition coefficient (Wildman–Crippen LogP) is 1.43. The molecule has 0 unspecified atom stereocenters. The summed E-state index contributed by atoms with van der Waals surface area (Å²) >= 11 is 0. The number of carbonyl (C=O) groups excluding carboxylic acids is 1. The second-order valence-corrected chi connectivity index (χ2v) is 4.32. The molecule has 96 valence electrons. The number of nitrogens with one attached hydrogen (secondary N) is 1. The topological polar surface area (TPSA) is 44.7 Å². The monoisotopic (exact) mass is 245 g/mol. The second-order valence-electron chi connectivity index (χ2n) is 4.32. The van der Waals surface area contributed by atoms with Crippen molar-refractivity contribution in [3.8, 4) is 0 Å². The third kappa shape index (κ3) is 3.09. The van der Waals surface area contributed by atoms with Crippen molar-refractivity contribution in [3.05, 3.63) is 35.9 Å². The van der Waals surface area contributed by atoms with Gasteiger partial charge in [0.05, 0.1) is 0 Å². The Kier molecular flexibility index (Phi) is 4.34. The summed E-state index contributed by atoms with van der Waals surface area (Å²) < 4.78 is 0. The van der Waals surface area contributed by atoms with E-state index >= 15 is 0 Å². The average Bonchev–Trinajstić information content (AvgIpc) is 2.46. The number of carbonyl (C=O) groups is 1. The van der Waals surface area contributed by atoms with Crippen LogP contribution in [-0.4, -0.2) is 36.3 Å². The molecule has 1 aromatic carbocycles. The molecule has 1 amide bonds. The van der Waals surface area contributed by atoms with E-state index in [0.717, 1.165) is 25.1 Å². The van der Waals surface area contributed by atoms with Gasteiger partial charge in [0.1, 0.15) is 0 Å². The molecule has 0 fully saturated rings. The molecular weight excluding hydrogens is 226 g/mol. The highest BCUT2D eigenvalue weighted by Crippen LogP contribution is 2.05. The zero-order chi connectivity index (χ0) is 12.8. The molecule has 0 bridgehead atoms. The molecule has 0 aromatic heterocycles. The first-order valence-electron chi connectivity index (χ1n) is 6.42. The third-order valence-corrected chi connectivity index (χ3v) is 2.99.